The van der Waals surface area contributed by atoms with E-state index in [4.69, 9.17) is 14.5 Å². The van der Waals surface area contributed by atoms with E-state index in [1.54, 1.807) is 37.3 Å². The van der Waals surface area contributed by atoms with Gasteiger partial charge in [0.2, 0.25) is 5.91 Å². The van der Waals surface area contributed by atoms with E-state index in [0.29, 0.717) is 46.6 Å². The van der Waals surface area contributed by atoms with Gasteiger partial charge < -0.3 is 24.5 Å². The number of nitrogens with one attached hydrogen (secondary N) is 1. The van der Waals surface area contributed by atoms with Gasteiger partial charge in [-0.25, -0.2) is 9.79 Å². The van der Waals surface area contributed by atoms with E-state index in [2.05, 4.69) is 4.98 Å². The summed E-state index contributed by atoms with van der Waals surface area (Å²) in [5, 5.41) is 11.6. The summed E-state index contributed by atoms with van der Waals surface area (Å²) in [6.45, 7) is 1.49. The Kier molecular flexibility index (Phi) is 8.75. The molecule has 0 spiro atoms. The first-order chi connectivity index (χ1) is 18.8. The molecule has 3 aromatic carbocycles. The maximum Gasteiger partial charge on any atom is 0.337 e. The number of aromatic nitrogens is 1. The Morgan fingerprint density at radius 1 is 0.949 bits per heavy atom. The number of hydrogen-bond donors (Lipinski definition) is 2. The van der Waals surface area contributed by atoms with Crippen LogP contribution in [-0.2, 0) is 14.3 Å². The first-order valence-corrected chi connectivity index (χ1v) is 12.4. The maximum absolute atomic E-state index is 12.7. The highest BCUT2D eigenvalue weighted by molar-refractivity contribution is 6.22. The van der Waals surface area contributed by atoms with Crippen LogP contribution < -0.4 is 4.90 Å². The van der Waals surface area contributed by atoms with E-state index >= 15 is 0 Å². The van der Waals surface area contributed by atoms with Gasteiger partial charge in [0, 0.05) is 42.9 Å². The Morgan fingerprint density at radius 3 is 2.33 bits per heavy atom. The maximum atomic E-state index is 12.7. The summed E-state index contributed by atoms with van der Waals surface area (Å²) in [7, 11) is 6.58. The number of anilines is 1. The lowest BCUT2D eigenvalue weighted by Crippen LogP contribution is -2.37. The molecule has 4 aromatic rings. The fraction of sp³-hybridized carbons (Fsp3) is 0.233. The van der Waals surface area contributed by atoms with Gasteiger partial charge in [0.05, 0.1) is 42.8 Å². The number of amides is 1. The highest BCUT2D eigenvalue weighted by Crippen LogP contribution is 2.32. The van der Waals surface area contributed by atoms with Crippen LogP contribution in [0.3, 0.4) is 0 Å². The van der Waals surface area contributed by atoms with E-state index in [-0.39, 0.29) is 18.3 Å². The number of aromatic amines is 1. The van der Waals surface area contributed by atoms with Crippen molar-refractivity contribution in [1.82, 2.24) is 9.88 Å². The molecule has 9 heteroatoms. The molecule has 1 amide bonds. The van der Waals surface area contributed by atoms with Crippen molar-refractivity contribution >= 4 is 39.9 Å². The van der Waals surface area contributed by atoms with Crippen LogP contribution in [0.1, 0.15) is 21.5 Å². The molecule has 1 heterocycles. The zero-order valence-corrected chi connectivity index (χ0v) is 22.5. The summed E-state index contributed by atoms with van der Waals surface area (Å²) in [6.07, 6.45) is 0. The molecule has 0 saturated carbocycles. The molecular formula is C30H32N4O5. The fourth-order valence-electron chi connectivity index (χ4n) is 4.22. The van der Waals surface area contributed by atoms with E-state index in [1.807, 2.05) is 66.5 Å². The number of H-pyrrole nitrogens is 1. The number of aromatic hydroxyl groups is 1. The number of nitrogens with zero attached hydrogens (tertiary/aromatic N) is 3. The zero-order valence-electron chi connectivity index (χ0n) is 22.5. The monoisotopic (exact) mass is 528 g/mol. The molecule has 9 nitrogen and oxygen atoms in total. The van der Waals surface area contributed by atoms with Crippen LogP contribution in [0.25, 0.3) is 10.9 Å². The minimum atomic E-state index is -0.463. The lowest BCUT2D eigenvalue weighted by Gasteiger charge is -2.22. The number of methoxy groups -OCH3 is 2. The van der Waals surface area contributed by atoms with Gasteiger partial charge in [0.15, 0.2) is 5.88 Å². The number of likely N-dealkylation sites (N-methyl/N-ethyl adjacent to an activating group) is 2. The molecule has 0 aliphatic carbocycles. The molecule has 0 bridgehead atoms. The molecule has 0 radical (unpaired) electrons. The minimum absolute atomic E-state index is 0.0372. The number of carbonyl (C=O) groups excluding carboxylic acids is 2. The second-order valence-electron chi connectivity index (χ2n) is 9.13. The first kappa shape index (κ1) is 27.6. The SMILES string of the molecule is COCCN(C)CC(=O)N(C)c1ccc(N=C(c2ccccc2)c2c(O)[nH]c3cc(C(=O)OC)ccc23)cc1. The van der Waals surface area contributed by atoms with E-state index < -0.39 is 5.97 Å². The molecule has 0 fully saturated rings. The third-order valence-electron chi connectivity index (χ3n) is 6.42. The molecule has 1 aromatic heterocycles. The number of benzene rings is 3. The Morgan fingerprint density at radius 2 is 1.67 bits per heavy atom. The topological polar surface area (TPSA) is 107 Å². The normalized spacial score (nSPS) is 11.7. The molecule has 202 valence electrons. The van der Waals surface area contributed by atoms with Crippen molar-refractivity contribution in [2.45, 2.75) is 0 Å². The second-order valence-corrected chi connectivity index (χ2v) is 9.13. The number of ether oxygens (including phenoxy) is 2. The van der Waals surface area contributed by atoms with Crippen molar-refractivity contribution in [1.29, 1.82) is 0 Å². The van der Waals surface area contributed by atoms with Gasteiger partial charge in [-0.15, -0.1) is 0 Å². The van der Waals surface area contributed by atoms with Crippen molar-refractivity contribution < 1.29 is 24.2 Å². The number of fused-ring (bicyclic) bond motifs is 1. The van der Waals surface area contributed by atoms with Gasteiger partial charge in [0.25, 0.3) is 0 Å². The van der Waals surface area contributed by atoms with Gasteiger partial charge in [-0.3, -0.25) is 9.69 Å². The average molecular weight is 529 g/mol. The van der Waals surface area contributed by atoms with Crippen LogP contribution in [0.4, 0.5) is 11.4 Å². The predicted octanol–water partition coefficient (Wildman–Crippen LogP) is 4.37. The molecule has 0 unspecified atom stereocenters. The number of rotatable bonds is 10. The number of esters is 1. The number of hydrogen-bond acceptors (Lipinski definition) is 7. The van der Waals surface area contributed by atoms with Crippen molar-refractivity contribution in [2.75, 3.05) is 52.9 Å². The van der Waals surface area contributed by atoms with Crippen LogP contribution >= 0.6 is 0 Å². The summed E-state index contributed by atoms with van der Waals surface area (Å²) in [6, 6.07) is 21.9. The lowest BCUT2D eigenvalue weighted by molar-refractivity contribution is -0.119. The summed E-state index contributed by atoms with van der Waals surface area (Å²) < 4.78 is 9.90. The second kappa shape index (κ2) is 12.4. The molecule has 2 N–H and O–H groups in total. The summed E-state index contributed by atoms with van der Waals surface area (Å²) in [5.74, 6) is -0.561. The van der Waals surface area contributed by atoms with E-state index in [9.17, 15) is 14.7 Å². The van der Waals surface area contributed by atoms with Crippen molar-refractivity contribution in [3.8, 4) is 5.88 Å². The van der Waals surface area contributed by atoms with E-state index in [1.165, 1.54) is 7.11 Å². The largest absolute Gasteiger partial charge is 0.494 e. The van der Waals surface area contributed by atoms with Crippen LogP contribution in [0, 0.1) is 0 Å². The molecule has 0 aliphatic heterocycles. The van der Waals surface area contributed by atoms with Crippen LogP contribution in [0.2, 0.25) is 0 Å². The lowest BCUT2D eigenvalue weighted by atomic mass is 10.00. The highest BCUT2D eigenvalue weighted by atomic mass is 16.5. The first-order valence-electron chi connectivity index (χ1n) is 12.4. The highest BCUT2D eigenvalue weighted by Gasteiger charge is 2.20. The average Bonchev–Trinajstić information content (AvgIpc) is 3.29. The van der Waals surface area contributed by atoms with Crippen molar-refractivity contribution in [3.05, 3.63) is 89.5 Å². The Labute approximate surface area is 227 Å². The van der Waals surface area contributed by atoms with Crippen molar-refractivity contribution in [2.24, 2.45) is 4.99 Å². The Balaban J connectivity index is 1.68. The molecule has 0 aliphatic rings. The Bertz CT molecular complexity index is 1480. The van der Waals surface area contributed by atoms with Gasteiger partial charge in [-0.2, -0.15) is 0 Å². The predicted molar refractivity (Wildman–Crippen MR) is 152 cm³/mol. The molecule has 0 saturated heterocycles. The third-order valence-corrected chi connectivity index (χ3v) is 6.42. The van der Waals surface area contributed by atoms with Crippen LogP contribution in [0.15, 0.2) is 77.8 Å². The summed E-state index contributed by atoms with van der Waals surface area (Å²) in [4.78, 5) is 36.1. The van der Waals surface area contributed by atoms with Gasteiger partial charge in [-0.05, 0) is 43.4 Å². The number of aliphatic imine (C=N–C) groups is 1. The molecular weight excluding hydrogens is 496 g/mol. The van der Waals surface area contributed by atoms with Crippen LogP contribution in [0.5, 0.6) is 5.88 Å². The fourth-order valence-corrected chi connectivity index (χ4v) is 4.22. The van der Waals surface area contributed by atoms with E-state index in [0.717, 1.165) is 11.3 Å². The summed E-state index contributed by atoms with van der Waals surface area (Å²) >= 11 is 0. The molecule has 4 rings (SSSR count). The smallest absolute Gasteiger partial charge is 0.337 e. The minimum Gasteiger partial charge on any atom is -0.494 e. The molecule has 0 atom stereocenters. The zero-order chi connectivity index (χ0) is 27.9. The summed E-state index contributed by atoms with van der Waals surface area (Å²) in [5.41, 5.74) is 4.22. The quantitative estimate of drug-likeness (QED) is 0.234. The number of carbonyl (C=O) groups is 2. The van der Waals surface area contributed by atoms with Crippen LogP contribution in [-0.4, -0.2) is 80.6 Å². The third kappa shape index (κ3) is 6.34. The standard InChI is InChI=1S/C30H32N4O5/c1-33(16-17-38-3)19-26(35)34(2)23-13-11-22(12-14-23)31-28(20-8-6-5-7-9-20)27-24-15-10-21(30(37)39-4)18-25(24)32-29(27)36/h5-15,18,32,36H,16-17,19H2,1-4H3. The van der Waals surface area contributed by atoms with Crippen molar-refractivity contribution in [3.63, 3.8) is 0 Å². The van der Waals surface area contributed by atoms with Gasteiger partial charge >= 0.3 is 5.97 Å². The van der Waals surface area contributed by atoms with Gasteiger partial charge in [-0.1, -0.05) is 36.4 Å². The molecule has 39 heavy (non-hydrogen) atoms. The Hall–Kier alpha value is -4.47. The van der Waals surface area contributed by atoms with Gasteiger partial charge in [0.1, 0.15) is 0 Å².